The number of hydrogen-bond donors (Lipinski definition) is 2. The van der Waals surface area contributed by atoms with Crippen molar-refractivity contribution in [2.45, 2.75) is 141 Å². The van der Waals surface area contributed by atoms with E-state index in [9.17, 15) is 24.3 Å². The Morgan fingerprint density at radius 3 is 2.39 bits per heavy atom. The number of allylic oxidation sites excluding steroid dienone is 1. The zero-order valence-electron chi connectivity index (χ0n) is 35.8. The number of hydrogen-bond acceptors (Lipinski definition) is 16. The zero-order valence-corrected chi connectivity index (χ0v) is 36.6. The molecule has 0 saturated carbocycles. The fraction of sp³-hybridized carbons (Fsp3) is 0.725. The van der Waals surface area contributed by atoms with Gasteiger partial charge >= 0.3 is 12.1 Å². The van der Waals surface area contributed by atoms with E-state index in [2.05, 4.69) is 15.3 Å². The highest BCUT2D eigenvalue weighted by Crippen LogP contribution is 2.43. The first kappa shape index (κ1) is 46.2. The van der Waals surface area contributed by atoms with Crippen molar-refractivity contribution in [1.29, 1.82) is 0 Å². The Morgan fingerprint density at radius 1 is 1.10 bits per heavy atom. The number of ether oxygens (including phenoxy) is 5. The summed E-state index contributed by atoms with van der Waals surface area (Å²) in [6, 6.07) is -1.37. The molecule has 5 heterocycles. The Bertz CT molecular complexity index is 1870. The van der Waals surface area contributed by atoms with E-state index in [4.69, 9.17) is 29.4 Å². The number of rotatable bonds is 10. The molecule has 19 heteroatoms. The maximum Gasteiger partial charge on any atom is 0.411 e. The average Bonchev–Trinajstić information content (AvgIpc) is 3.90. The first-order chi connectivity index (χ1) is 27.6. The fourth-order valence-corrected chi connectivity index (χ4v) is 9.58. The van der Waals surface area contributed by atoms with Crippen molar-refractivity contribution < 1.29 is 52.4 Å². The number of cyclic esters (lactones) is 1. The van der Waals surface area contributed by atoms with Gasteiger partial charge in [0.1, 0.15) is 23.7 Å². The summed E-state index contributed by atoms with van der Waals surface area (Å²) in [5, 5.41) is 20.1. The maximum absolute atomic E-state index is 16.9. The van der Waals surface area contributed by atoms with Crippen LogP contribution in [0.15, 0.2) is 24.5 Å². The Morgan fingerprint density at radius 2 is 1.78 bits per heavy atom. The molecule has 1 amide bonds. The summed E-state index contributed by atoms with van der Waals surface area (Å²) in [5.41, 5.74) is 0.0480. The monoisotopic (exact) mass is 849 g/mol. The molecule has 3 unspecified atom stereocenters. The van der Waals surface area contributed by atoms with Crippen LogP contribution in [0.25, 0.3) is 10.6 Å². The number of aliphatic hydroxyl groups excluding tert-OH is 1. The third-order valence-electron chi connectivity index (χ3n) is 12.3. The van der Waals surface area contributed by atoms with Crippen LogP contribution >= 0.6 is 11.3 Å². The Balaban J connectivity index is 1.49. The molecular weight excluding hydrogens is 790 g/mol. The largest absolute Gasteiger partial charge is 0.455 e. The van der Waals surface area contributed by atoms with Gasteiger partial charge < -0.3 is 39.4 Å². The molecule has 328 valence electrons. The minimum Gasteiger partial charge on any atom is -0.455 e. The van der Waals surface area contributed by atoms with Gasteiger partial charge in [-0.3, -0.25) is 14.5 Å². The predicted octanol–water partition coefficient (Wildman–Crippen LogP) is 3.84. The summed E-state index contributed by atoms with van der Waals surface area (Å²) in [5.74, 6) is -5.97. The number of thiazole rings is 1. The van der Waals surface area contributed by atoms with E-state index in [1.54, 1.807) is 63.8 Å². The SMILES string of the molecule is CC[C@H]1OC(=O)[C@@](C)(F)C(=O)[C@H](C)[C@@H](O[C@@H]2OC(C)CC(N(C)C)C2O)[C@](C)(OC)C[C@@H](C)C(=O)[C@H](C)[C@H]2N(C/C=C/Cn3cc(-c4cnc(N)s4)nn3)C(=O)O[C@]12C. The van der Waals surface area contributed by atoms with Crippen LogP contribution in [0.4, 0.5) is 14.3 Å². The number of nitrogens with two attached hydrogens (primary N) is 1. The highest BCUT2D eigenvalue weighted by atomic mass is 32.1. The van der Waals surface area contributed by atoms with Crippen LogP contribution in [0.2, 0.25) is 0 Å². The first-order valence-electron chi connectivity index (χ1n) is 20.0. The van der Waals surface area contributed by atoms with Crippen molar-refractivity contribution >= 4 is 40.1 Å². The highest BCUT2D eigenvalue weighted by molar-refractivity contribution is 7.18. The number of alkyl halides is 1. The number of methoxy groups -OCH3 is 1. The van der Waals surface area contributed by atoms with E-state index in [0.717, 1.165) is 11.8 Å². The Kier molecular flexibility index (Phi) is 14.1. The van der Waals surface area contributed by atoms with Crippen molar-refractivity contribution in [2.75, 3.05) is 33.5 Å². The van der Waals surface area contributed by atoms with E-state index in [-0.39, 0.29) is 37.3 Å². The van der Waals surface area contributed by atoms with Crippen molar-refractivity contribution in [3.63, 3.8) is 0 Å². The fourth-order valence-electron chi connectivity index (χ4n) is 8.95. The quantitative estimate of drug-likeness (QED) is 0.198. The minimum atomic E-state index is -3.20. The number of carbonyl (C=O) groups excluding carboxylic acids is 4. The number of likely N-dealkylation sites (N-methyl/N-ethyl adjacent to an activating group) is 1. The molecule has 0 bridgehead atoms. The molecule has 0 radical (unpaired) electrons. The van der Waals surface area contributed by atoms with Gasteiger partial charge in [0.05, 0.1) is 41.5 Å². The maximum atomic E-state index is 16.9. The number of nitrogen functional groups attached to an aromatic ring is 1. The molecule has 3 aliphatic rings. The number of carbonyl (C=O) groups is 4. The molecule has 3 N–H and O–H groups in total. The molecule has 3 aliphatic heterocycles. The van der Waals surface area contributed by atoms with Gasteiger partial charge in [-0.05, 0) is 61.1 Å². The molecule has 59 heavy (non-hydrogen) atoms. The molecule has 0 aromatic carbocycles. The zero-order chi connectivity index (χ0) is 43.8. The van der Waals surface area contributed by atoms with Crippen molar-refractivity contribution in [3.8, 4) is 10.6 Å². The van der Waals surface area contributed by atoms with Gasteiger partial charge in [0, 0.05) is 43.6 Å². The molecule has 0 spiro atoms. The normalized spacial score (nSPS) is 37.8. The summed E-state index contributed by atoms with van der Waals surface area (Å²) in [7, 11) is 5.02. The molecule has 3 fully saturated rings. The molecule has 2 aromatic rings. The summed E-state index contributed by atoms with van der Waals surface area (Å²) >= 11 is 1.28. The number of aliphatic hydroxyl groups is 1. The van der Waals surface area contributed by atoms with Gasteiger partial charge in [0.25, 0.3) is 5.67 Å². The van der Waals surface area contributed by atoms with Gasteiger partial charge in [0.2, 0.25) is 0 Å². The van der Waals surface area contributed by atoms with Gasteiger partial charge in [-0.1, -0.05) is 56.4 Å². The van der Waals surface area contributed by atoms with E-state index in [1.165, 1.54) is 30.3 Å². The van der Waals surface area contributed by atoms with Crippen LogP contribution in [0.3, 0.4) is 0 Å². The average molecular weight is 850 g/mol. The van der Waals surface area contributed by atoms with Crippen LogP contribution in [0.1, 0.15) is 74.7 Å². The topological polar surface area (TPSA) is 211 Å². The van der Waals surface area contributed by atoms with E-state index in [0.29, 0.717) is 23.8 Å². The second-order valence-electron chi connectivity index (χ2n) is 16.9. The first-order valence-corrected chi connectivity index (χ1v) is 20.9. The molecule has 2 aromatic heterocycles. The number of halogens is 1. The molecule has 3 saturated heterocycles. The van der Waals surface area contributed by atoms with Crippen LogP contribution in [-0.2, 0) is 44.6 Å². The lowest BCUT2D eigenvalue weighted by atomic mass is 9.73. The van der Waals surface area contributed by atoms with Crippen molar-refractivity contribution in [3.05, 3.63) is 24.5 Å². The number of ketones is 2. The number of anilines is 1. The van der Waals surface area contributed by atoms with Crippen LogP contribution in [0, 0.1) is 17.8 Å². The third kappa shape index (κ3) is 9.24. The van der Waals surface area contributed by atoms with Crippen molar-refractivity contribution in [1.82, 2.24) is 29.8 Å². The summed E-state index contributed by atoms with van der Waals surface area (Å²) in [4.78, 5) is 64.6. The number of Topliss-reactive ketones (excluding diaryl/α,β-unsaturated/α-hetero) is 2. The molecule has 0 aliphatic carbocycles. The molecule has 5 rings (SSSR count). The lowest BCUT2D eigenvalue weighted by Gasteiger charge is -2.47. The minimum absolute atomic E-state index is 0.00100. The summed E-state index contributed by atoms with van der Waals surface area (Å²) in [6.07, 6.45) is 1.25. The second-order valence-corrected chi connectivity index (χ2v) is 18.0. The van der Waals surface area contributed by atoms with E-state index in [1.807, 2.05) is 25.9 Å². The Labute approximate surface area is 348 Å². The van der Waals surface area contributed by atoms with E-state index < -0.39 is 83.1 Å². The Hall–Kier alpha value is -3.88. The van der Waals surface area contributed by atoms with Crippen molar-refractivity contribution in [2.24, 2.45) is 17.8 Å². The molecule has 17 nitrogen and oxygen atoms in total. The predicted molar refractivity (Wildman–Crippen MR) is 215 cm³/mol. The van der Waals surface area contributed by atoms with Crippen LogP contribution in [-0.4, -0.2) is 146 Å². The van der Waals surface area contributed by atoms with Crippen LogP contribution < -0.4 is 5.73 Å². The van der Waals surface area contributed by atoms with E-state index >= 15 is 4.39 Å². The van der Waals surface area contributed by atoms with Crippen LogP contribution in [0.5, 0.6) is 0 Å². The molecule has 13 atom stereocenters. The number of amides is 1. The molecular formula is C40H60FN7O10S. The summed E-state index contributed by atoms with van der Waals surface area (Å²) in [6.45, 7) is 12.6. The lowest BCUT2D eigenvalue weighted by molar-refractivity contribution is -0.295. The number of fused-ring (bicyclic) bond motifs is 1. The number of nitrogens with zero attached hydrogens (tertiary/aromatic N) is 6. The standard InChI is InChI=1S/C40H60FN7O10S/c1-12-28-40(8)31(48(37(53)58-40)16-14-13-15-47-20-25(44-45-47)27-19-43-36(42)59-27)23(4)29(49)21(2)18-38(6,54-11)33(24(5)32(51)39(7,41)35(52)56-28)57-34-30(50)26(46(9)10)17-22(3)55-34/h13-14,19-24,26,28,30-31,33-34,50H,12,15-18H2,1-11H3,(H2,42,43)/b14-13+/t21-,22?,23+,24+,26?,28-,30?,31-,33-,34+,38-,39+,40-/m1/s1. The van der Waals surface area contributed by atoms with Gasteiger partial charge in [-0.15, -0.1) is 5.10 Å². The number of aromatic nitrogens is 4. The smallest absolute Gasteiger partial charge is 0.411 e. The highest BCUT2D eigenvalue weighted by Gasteiger charge is 2.61. The van der Waals surface area contributed by atoms with Gasteiger partial charge in [-0.2, -0.15) is 0 Å². The summed E-state index contributed by atoms with van der Waals surface area (Å²) < 4.78 is 48.9. The lowest BCUT2D eigenvalue weighted by Crippen LogP contribution is -2.61. The van der Waals surface area contributed by atoms with Gasteiger partial charge in [0.15, 0.2) is 22.8 Å². The van der Waals surface area contributed by atoms with Gasteiger partial charge in [-0.25, -0.2) is 23.6 Å². The second kappa shape index (κ2) is 18.0. The number of esters is 1. The third-order valence-corrected chi connectivity index (χ3v) is 13.1.